The quantitative estimate of drug-likeness (QED) is 0.610. The van der Waals surface area contributed by atoms with Crippen LogP contribution in [-0.2, 0) is 4.79 Å². The largest absolute Gasteiger partial charge is 0.480 e. The molecule has 2 amide bonds. The standard InChI is InChI=1S/C12H20N2O3/c1-5-7-9(4)13-12(17)14-10(11(15)16)8(3)6-2/h1,8-10H,6-7H2,2-4H3,(H,15,16)(H2,13,14,17)/t8-,9?,10-/m0/s1. The van der Waals surface area contributed by atoms with E-state index in [1.807, 2.05) is 6.92 Å². The zero-order chi connectivity index (χ0) is 13.4. The van der Waals surface area contributed by atoms with Gasteiger partial charge in [-0.25, -0.2) is 9.59 Å². The summed E-state index contributed by atoms with van der Waals surface area (Å²) < 4.78 is 0. The first-order valence-electron chi connectivity index (χ1n) is 5.65. The van der Waals surface area contributed by atoms with Crippen molar-refractivity contribution in [2.75, 3.05) is 0 Å². The molecule has 0 aliphatic heterocycles. The number of aliphatic carboxylic acids is 1. The third-order valence-corrected chi connectivity index (χ3v) is 2.57. The van der Waals surface area contributed by atoms with Crippen molar-refractivity contribution >= 4 is 12.0 Å². The molecule has 0 bridgehead atoms. The van der Waals surface area contributed by atoms with Gasteiger partial charge >= 0.3 is 12.0 Å². The minimum Gasteiger partial charge on any atom is -0.480 e. The molecular formula is C12H20N2O3. The Morgan fingerprint density at radius 3 is 2.35 bits per heavy atom. The van der Waals surface area contributed by atoms with Gasteiger partial charge in [0.15, 0.2) is 0 Å². The number of carboxylic acids is 1. The number of amides is 2. The van der Waals surface area contributed by atoms with Crippen LogP contribution in [-0.4, -0.2) is 29.2 Å². The molecule has 0 aliphatic rings. The van der Waals surface area contributed by atoms with E-state index in [1.54, 1.807) is 13.8 Å². The fourth-order valence-corrected chi connectivity index (χ4v) is 1.32. The van der Waals surface area contributed by atoms with E-state index < -0.39 is 18.0 Å². The van der Waals surface area contributed by atoms with Crippen molar-refractivity contribution in [3.05, 3.63) is 0 Å². The Labute approximate surface area is 102 Å². The summed E-state index contributed by atoms with van der Waals surface area (Å²) in [5.74, 6) is 1.27. The van der Waals surface area contributed by atoms with Crippen LogP contribution in [0.1, 0.15) is 33.6 Å². The van der Waals surface area contributed by atoms with E-state index in [9.17, 15) is 9.59 Å². The summed E-state index contributed by atoms with van der Waals surface area (Å²) in [6.07, 6.45) is 6.20. The van der Waals surface area contributed by atoms with Crippen LogP contribution in [0.2, 0.25) is 0 Å². The molecule has 0 saturated carbocycles. The second-order valence-electron chi connectivity index (χ2n) is 4.13. The van der Waals surface area contributed by atoms with Crippen LogP contribution in [0.4, 0.5) is 4.79 Å². The second-order valence-corrected chi connectivity index (χ2v) is 4.13. The van der Waals surface area contributed by atoms with Gasteiger partial charge in [-0.05, 0) is 12.8 Å². The van der Waals surface area contributed by atoms with Crippen molar-refractivity contribution in [2.45, 2.75) is 45.7 Å². The first kappa shape index (κ1) is 15.3. The molecule has 0 aromatic rings. The summed E-state index contributed by atoms with van der Waals surface area (Å²) in [6.45, 7) is 5.42. The third kappa shape index (κ3) is 5.81. The fraction of sp³-hybridized carbons (Fsp3) is 0.667. The molecule has 0 heterocycles. The molecule has 5 heteroatoms. The maximum atomic E-state index is 11.5. The highest BCUT2D eigenvalue weighted by Gasteiger charge is 2.25. The highest BCUT2D eigenvalue weighted by molar-refractivity contribution is 5.82. The van der Waals surface area contributed by atoms with Gasteiger partial charge in [0.2, 0.25) is 0 Å². The van der Waals surface area contributed by atoms with Crippen LogP contribution in [0.5, 0.6) is 0 Å². The van der Waals surface area contributed by atoms with Gasteiger partial charge in [0.1, 0.15) is 6.04 Å². The fourth-order valence-electron chi connectivity index (χ4n) is 1.32. The molecule has 0 spiro atoms. The van der Waals surface area contributed by atoms with Gasteiger partial charge in [-0.1, -0.05) is 20.3 Å². The molecule has 3 N–H and O–H groups in total. The van der Waals surface area contributed by atoms with E-state index in [1.165, 1.54) is 0 Å². The van der Waals surface area contributed by atoms with Gasteiger partial charge in [-0.2, -0.15) is 0 Å². The van der Waals surface area contributed by atoms with Gasteiger partial charge in [0, 0.05) is 12.5 Å². The van der Waals surface area contributed by atoms with E-state index in [0.29, 0.717) is 12.8 Å². The highest BCUT2D eigenvalue weighted by atomic mass is 16.4. The van der Waals surface area contributed by atoms with Crippen LogP contribution in [0.15, 0.2) is 0 Å². The Balaban J connectivity index is 4.32. The lowest BCUT2D eigenvalue weighted by molar-refractivity contribution is -0.140. The predicted octanol–water partition coefficient (Wildman–Crippen LogP) is 1.20. The van der Waals surface area contributed by atoms with Gasteiger partial charge < -0.3 is 15.7 Å². The van der Waals surface area contributed by atoms with E-state index in [4.69, 9.17) is 11.5 Å². The predicted molar refractivity (Wildman–Crippen MR) is 65.5 cm³/mol. The molecule has 0 fully saturated rings. The van der Waals surface area contributed by atoms with Crippen molar-refractivity contribution in [3.63, 3.8) is 0 Å². The van der Waals surface area contributed by atoms with Crippen LogP contribution in [0.25, 0.3) is 0 Å². The van der Waals surface area contributed by atoms with E-state index in [-0.39, 0.29) is 12.0 Å². The number of nitrogens with one attached hydrogen (secondary N) is 2. The zero-order valence-corrected chi connectivity index (χ0v) is 10.5. The maximum absolute atomic E-state index is 11.5. The molecule has 1 unspecified atom stereocenters. The summed E-state index contributed by atoms with van der Waals surface area (Å²) in [5, 5.41) is 14.0. The smallest absolute Gasteiger partial charge is 0.326 e. The lowest BCUT2D eigenvalue weighted by Gasteiger charge is -2.21. The Bertz CT molecular complexity index is 309. The molecule has 0 rings (SSSR count). The summed E-state index contributed by atoms with van der Waals surface area (Å²) in [5.41, 5.74) is 0. The third-order valence-electron chi connectivity index (χ3n) is 2.57. The molecule has 0 radical (unpaired) electrons. The summed E-state index contributed by atoms with van der Waals surface area (Å²) in [6, 6.07) is -1.55. The lowest BCUT2D eigenvalue weighted by atomic mass is 9.99. The van der Waals surface area contributed by atoms with Gasteiger partial charge in [0.25, 0.3) is 0 Å². The number of carbonyl (C=O) groups is 2. The molecule has 96 valence electrons. The highest BCUT2D eigenvalue weighted by Crippen LogP contribution is 2.07. The molecule has 0 saturated heterocycles. The Hall–Kier alpha value is -1.70. The Morgan fingerprint density at radius 2 is 1.94 bits per heavy atom. The van der Waals surface area contributed by atoms with Crippen LogP contribution in [0, 0.1) is 18.3 Å². The van der Waals surface area contributed by atoms with E-state index >= 15 is 0 Å². The molecule has 3 atom stereocenters. The van der Waals surface area contributed by atoms with Crippen LogP contribution in [0.3, 0.4) is 0 Å². The topological polar surface area (TPSA) is 78.4 Å². The normalized spacial score (nSPS) is 15.2. The van der Waals surface area contributed by atoms with E-state index in [2.05, 4.69) is 16.6 Å². The summed E-state index contributed by atoms with van der Waals surface area (Å²) in [4.78, 5) is 22.5. The van der Waals surface area contributed by atoms with E-state index in [0.717, 1.165) is 0 Å². The monoisotopic (exact) mass is 240 g/mol. The van der Waals surface area contributed by atoms with Crippen molar-refractivity contribution in [2.24, 2.45) is 5.92 Å². The minimum absolute atomic E-state index is 0.124. The van der Waals surface area contributed by atoms with Crippen molar-refractivity contribution in [1.82, 2.24) is 10.6 Å². The van der Waals surface area contributed by atoms with Crippen LogP contribution >= 0.6 is 0 Å². The number of hydrogen-bond donors (Lipinski definition) is 3. The first-order chi connectivity index (χ1) is 7.92. The molecule has 5 nitrogen and oxygen atoms in total. The van der Waals surface area contributed by atoms with Gasteiger partial charge in [-0.15, -0.1) is 12.3 Å². The average molecular weight is 240 g/mol. The molecule has 0 aliphatic carbocycles. The zero-order valence-electron chi connectivity index (χ0n) is 10.5. The lowest BCUT2D eigenvalue weighted by Crippen LogP contribution is -2.50. The maximum Gasteiger partial charge on any atom is 0.326 e. The minimum atomic E-state index is -1.03. The SMILES string of the molecule is C#CCC(C)NC(=O)N[C@H](C(=O)O)[C@@H](C)CC. The molecule has 0 aromatic carbocycles. The van der Waals surface area contributed by atoms with Crippen molar-refractivity contribution in [3.8, 4) is 12.3 Å². The molecule has 0 aromatic heterocycles. The number of carboxylic acid groups (broad SMARTS) is 1. The van der Waals surface area contributed by atoms with Gasteiger partial charge in [0.05, 0.1) is 0 Å². The Kier molecular flexibility index (Phi) is 6.80. The number of hydrogen-bond acceptors (Lipinski definition) is 2. The first-order valence-corrected chi connectivity index (χ1v) is 5.65. The van der Waals surface area contributed by atoms with Gasteiger partial charge in [-0.3, -0.25) is 0 Å². The number of urea groups is 1. The Morgan fingerprint density at radius 1 is 1.35 bits per heavy atom. The van der Waals surface area contributed by atoms with Crippen molar-refractivity contribution in [1.29, 1.82) is 0 Å². The average Bonchev–Trinajstić information content (AvgIpc) is 2.24. The number of terminal acetylenes is 1. The summed E-state index contributed by atoms with van der Waals surface area (Å²) in [7, 11) is 0. The molecular weight excluding hydrogens is 220 g/mol. The van der Waals surface area contributed by atoms with Crippen LogP contribution < -0.4 is 10.6 Å². The summed E-state index contributed by atoms with van der Waals surface area (Å²) >= 11 is 0. The number of rotatable bonds is 6. The number of carbonyl (C=O) groups excluding carboxylic acids is 1. The molecule has 17 heavy (non-hydrogen) atoms. The van der Waals surface area contributed by atoms with Crippen molar-refractivity contribution < 1.29 is 14.7 Å². The second kappa shape index (κ2) is 7.55.